The summed E-state index contributed by atoms with van der Waals surface area (Å²) in [5, 5.41) is 7.88. The Hall–Kier alpha value is -2.36. The number of benzene rings is 1. The van der Waals surface area contributed by atoms with Gasteiger partial charge in [-0.2, -0.15) is 5.10 Å². The van der Waals surface area contributed by atoms with E-state index in [0.29, 0.717) is 0 Å². The van der Waals surface area contributed by atoms with Gasteiger partial charge in [0.2, 0.25) is 0 Å². The number of H-pyrrole nitrogens is 1. The van der Waals surface area contributed by atoms with Crippen molar-refractivity contribution in [1.29, 1.82) is 0 Å². The molecule has 1 N–H and O–H groups in total. The number of fused-ring (bicyclic) bond motifs is 1. The van der Waals surface area contributed by atoms with Crippen LogP contribution in [0.4, 0.5) is 0 Å². The topological polar surface area (TPSA) is 50.8 Å². The first-order chi connectivity index (χ1) is 7.92. The van der Waals surface area contributed by atoms with Crippen molar-refractivity contribution in [3.63, 3.8) is 0 Å². The molecule has 0 spiro atoms. The average Bonchev–Trinajstić information content (AvgIpc) is 2.77. The minimum absolute atomic E-state index is 0.727. The van der Waals surface area contributed by atoms with Gasteiger partial charge in [-0.25, -0.2) is 0 Å². The van der Waals surface area contributed by atoms with E-state index in [1.165, 1.54) is 0 Å². The number of aromatic nitrogens is 3. The lowest BCUT2D eigenvalue weighted by Gasteiger charge is -2.04. The lowest BCUT2D eigenvalue weighted by atomic mass is 10.2. The monoisotopic (exact) mass is 211 g/mol. The second kappa shape index (κ2) is 3.66. The second-order valence-electron chi connectivity index (χ2n) is 3.41. The Morgan fingerprint density at radius 3 is 2.94 bits per heavy atom. The van der Waals surface area contributed by atoms with Crippen molar-refractivity contribution in [3.8, 4) is 11.5 Å². The first-order valence-electron chi connectivity index (χ1n) is 4.93. The maximum absolute atomic E-state index is 5.65. The van der Waals surface area contributed by atoms with Gasteiger partial charge in [0.05, 0.1) is 17.9 Å². The predicted molar refractivity (Wildman–Crippen MR) is 60.4 cm³/mol. The van der Waals surface area contributed by atoms with Crippen LogP contribution in [0.5, 0.6) is 11.5 Å². The van der Waals surface area contributed by atoms with Gasteiger partial charge >= 0.3 is 0 Å². The van der Waals surface area contributed by atoms with E-state index >= 15 is 0 Å². The molecule has 0 unspecified atom stereocenters. The molecule has 0 saturated heterocycles. The van der Waals surface area contributed by atoms with Crippen LogP contribution in [0.2, 0.25) is 0 Å². The molecule has 0 atom stereocenters. The fourth-order valence-corrected chi connectivity index (χ4v) is 1.53. The largest absolute Gasteiger partial charge is 0.456 e. The van der Waals surface area contributed by atoms with E-state index in [0.717, 1.165) is 22.4 Å². The molecular formula is C12H9N3O. The van der Waals surface area contributed by atoms with Crippen molar-refractivity contribution in [1.82, 2.24) is 15.2 Å². The van der Waals surface area contributed by atoms with Gasteiger partial charge in [-0.3, -0.25) is 10.1 Å². The van der Waals surface area contributed by atoms with Crippen molar-refractivity contribution in [2.24, 2.45) is 0 Å². The van der Waals surface area contributed by atoms with E-state index in [1.54, 1.807) is 18.6 Å². The molecule has 0 aliphatic carbocycles. The number of hydrogen-bond donors (Lipinski definition) is 1. The zero-order chi connectivity index (χ0) is 10.8. The van der Waals surface area contributed by atoms with Crippen LogP contribution in [-0.4, -0.2) is 15.2 Å². The Morgan fingerprint density at radius 1 is 1.06 bits per heavy atom. The van der Waals surface area contributed by atoms with Gasteiger partial charge in [0.25, 0.3) is 0 Å². The van der Waals surface area contributed by atoms with Crippen LogP contribution in [0, 0.1) is 0 Å². The summed E-state index contributed by atoms with van der Waals surface area (Å²) < 4.78 is 5.65. The van der Waals surface area contributed by atoms with Crippen molar-refractivity contribution in [3.05, 3.63) is 48.9 Å². The highest BCUT2D eigenvalue weighted by Gasteiger charge is 2.00. The van der Waals surface area contributed by atoms with Crippen LogP contribution in [0.15, 0.2) is 48.9 Å². The Kier molecular flexibility index (Phi) is 2.04. The third-order valence-corrected chi connectivity index (χ3v) is 2.28. The summed E-state index contributed by atoms with van der Waals surface area (Å²) >= 11 is 0. The molecule has 0 fully saturated rings. The number of nitrogens with one attached hydrogen (secondary N) is 1. The third kappa shape index (κ3) is 1.61. The lowest BCUT2D eigenvalue weighted by molar-refractivity contribution is 0.481. The highest BCUT2D eigenvalue weighted by atomic mass is 16.5. The van der Waals surface area contributed by atoms with E-state index in [4.69, 9.17) is 4.74 Å². The predicted octanol–water partition coefficient (Wildman–Crippen LogP) is 2.75. The van der Waals surface area contributed by atoms with Crippen LogP contribution in [0.3, 0.4) is 0 Å². The molecule has 0 bridgehead atoms. The number of hydrogen-bond acceptors (Lipinski definition) is 3. The SMILES string of the molecule is c1cncc(Oc2ccc3[nH]ncc3c2)c1. The molecule has 1 aromatic carbocycles. The van der Waals surface area contributed by atoms with E-state index in [2.05, 4.69) is 15.2 Å². The summed E-state index contributed by atoms with van der Waals surface area (Å²) in [7, 11) is 0. The van der Waals surface area contributed by atoms with E-state index < -0.39 is 0 Å². The number of nitrogens with zero attached hydrogens (tertiary/aromatic N) is 2. The second-order valence-corrected chi connectivity index (χ2v) is 3.41. The summed E-state index contributed by atoms with van der Waals surface area (Å²) in [6, 6.07) is 9.48. The van der Waals surface area contributed by atoms with Gasteiger partial charge in [0.1, 0.15) is 11.5 Å². The normalized spacial score (nSPS) is 10.5. The summed E-state index contributed by atoms with van der Waals surface area (Å²) in [6.45, 7) is 0. The highest BCUT2D eigenvalue weighted by molar-refractivity contribution is 5.79. The Morgan fingerprint density at radius 2 is 2.06 bits per heavy atom. The maximum atomic E-state index is 5.65. The van der Waals surface area contributed by atoms with Gasteiger partial charge in [0, 0.05) is 11.6 Å². The lowest BCUT2D eigenvalue weighted by Crippen LogP contribution is -1.84. The highest BCUT2D eigenvalue weighted by Crippen LogP contribution is 2.23. The van der Waals surface area contributed by atoms with Crippen molar-refractivity contribution in [2.45, 2.75) is 0 Å². The van der Waals surface area contributed by atoms with Crippen LogP contribution >= 0.6 is 0 Å². The van der Waals surface area contributed by atoms with Gasteiger partial charge < -0.3 is 4.74 Å². The van der Waals surface area contributed by atoms with Gasteiger partial charge in [0.15, 0.2) is 0 Å². The molecule has 0 saturated carbocycles. The Bertz CT molecular complexity index is 604. The number of aromatic amines is 1. The first kappa shape index (κ1) is 8.91. The Balaban J connectivity index is 1.94. The summed E-state index contributed by atoms with van der Waals surface area (Å²) in [4.78, 5) is 3.99. The Labute approximate surface area is 91.9 Å². The molecule has 3 aromatic rings. The quantitative estimate of drug-likeness (QED) is 0.709. The molecule has 0 aliphatic rings. The summed E-state index contributed by atoms with van der Waals surface area (Å²) in [5.74, 6) is 1.51. The molecule has 0 amide bonds. The van der Waals surface area contributed by atoms with Gasteiger partial charge in [-0.05, 0) is 30.3 Å². The molecule has 78 valence electrons. The fourth-order valence-electron chi connectivity index (χ4n) is 1.53. The standard InChI is InChI=1S/C12H9N3O/c1-2-11(8-13-5-1)16-10-3-4-12-9(6-10)7-14-15-12/h1-8H,(H,14,15). The molecule has 2 heterocycles. The molecular weight excluding hydrogens is 202 g/mol. The van der Waals surface area contributed by atoms with Crippen molar-refractivity contribution >= 4 is 10.9 Å². The number of rotatable bonds is 2. The first-order valence-corrected chi connectivity index (χ1v) is 4.93. The van der Waals surface area contributed by atoms with Crippen molar-refractivity contribution in [2.75, 3.05) is 0 Å². The van der Waals surface area contributed by atoms with Gasteiger partial charge in [-0.1, -0.05) is 0 Å². The average molecular weight is 211 g/mol. The maximum Gasteiger partial charge on any atom is 0.145 e. The van der Waals surface area contributed by atoms with Crippen LogP contribution < -0.4 is 4.74 Å². The number of ether oxygens (including phenoxy) is 1. The van der Waals surface area contributed by atoms with E-state index in [1.807, 2.05) is 30.3 Å². The molecule has 4 nitrogen and oxygen atoms in total. The molecule has 3 rings (SSSR count). The van der Waals surface area contributed by atoms with Crippen LogP contribution in [-0.2, 0) is 0 Å². The van der Waals surface area contributed by atoms with Crippen molar-refractivity contribution < 1.29 is 4.74 Å². The van der Waals surface area contributed by atoms with Gasteiger partial charge in [-0.15, -0.1) is 0 Å². The van der Waals surface area contributed by atoms with E-state index in [9.17, 15) is 0 Å². The smallest absolute Gasteiger partial charge is 0.145 e. The minimum Gasteiger partial charge on any atom is -0.456 e. The molecule has 0 radical (unpaired) electrons. The van der Waals surface area contributed by atoms with Crippen LogP contribution in [0.25, 0.3) is 10.9 Å². The molecule has 0 aliphatic heterocycles. The summed E-state index contributed by atoms with van der Waals surface area (Å²) in [5.41, 5.74) is 0.999. The molecule has 16 heavy (non-hydrogen) atoms. The fraction of sp³-hybridized carbons (Fsp3) is 0. The van der Waals surface area contributed by atoms with E-state index in [-0.39, 0.29) is 0 Å². The number of pyridine rings is 1. The van der Waals surface area contributed by atoms with Crippen LogP contribution in [0.1, 0.15) is 0 Å². The third-order valence-electron chi connectivity index (χ3n) is 2.28. The minimum atomic E-state index is 0.727. The summed E-state index contributed by atoms with van der Waals surface area (Å²) in [6.07, 6.45) is 5.16. The zero-order valence-corrected chi connectivity index (χ0v) is 8.42. The zero-order valence-electron chi connectivity index (χ0n) is 8.42. The molecule has 4 heteroatoms. The molecule has 2 aromatic heterocycles.